The standard InChI is InChI=1S/C14H20N2O3/c1-11-7-12(19-15-11)8-13(17)16-5-2-3-14(9-16)4-6-18-10-14/h7H,2-6,8-10H2,1H3. The number of aryl methyl sites for hydroxylation is 1. The average molecular weight is 264 g/mol. The number of carbonyl (C=O) groups is 1. The molecule has 2 saturated heterocycles. The van der Waals surface area contributed by atoms with Crippen molar-refractivity contribution in [3.05, 3.63) is 17.5 Å². The fourth-order valence-electron chi connectivity index (χ4n) is 3.15. The molecule has 0 radical (unpaired) electrons. The molecule has 0 saturated carbocycles. The summed E-state index contributed by atoms with van der Waals surface area (Å²) in [5, 5.41) is 3.82. The third kappa shape index (κ3) is 2.66. The van der Waals surface area contributed by atoms with Crippen LogP contribution in [0.2, 0.25) is 0 Å². The van der Waals surface area contributed by atoms with Crippen molar-refractivity contribution in [2.45, 2.75) is 32.6 Å². The first-order valence-electron chi connectivity index (χ1n) is 6.95. The van der Waals surface area contributed by atoms with Gasteiger partial charge in [-0.15, -0.1) is 0 Å². The number of carbonyl (C=O) groups excluding carboxylic acids is 1. The predicted molar refractivity (Wildman–Crippen MR) is 68.6 cm³/mol. The van der Waals surface area contributed by atoms with Crippen LogP contribution in [-0.4, -0.2) is 42.3 Å². The van der Waals surface area contributed by atoms with Crippen LogP contribution in [0.25, 0.3) is 0 Å². The number of hydrogen-bond donors (Lipinski definition) is 0. The number of amides is 1. The minimum atomic E-state index is 0.141. The maximum Gasteiger partial charge on any atom is 0.230 e. The van der Waals surface area contributed by atoms with Gasteiger partial charge in [-0.3, -0.25) is 4.79 Å². The molecule has 2 aliphatic heterocycles. The van der Waals surface area contributed by atoms with Gasteiger partial charge in [-0.2, -0.15) is 0 Å². The Morgan fingerprint density at radius 3 is 3.11 bits per heavy atom. The first-order chi connectivity index (χ1) is 9.17. The topological polar surface area (TPSA) is 55.6 Å². The maximum absolute atomic E-state index is 12.3. The second-order valence-corrected chi connectivity index (χ2v) is 5.83. The normalized spacial score (nSPS) is 27.1. The van der Waals surface area contributed by atoms with Gasteiger partial charge in [0.25, 0.3) is 0 Å². The van der Waals surface area contributed by atoms with Gasteiger partial charge in [-0.25, -0.2) is 0 Å². The lowest BCUT2D eigenvalue weighted by atomic mass is 9.79. The third-order valence-corrected chi connectivity index (χ3v) is 4.20. The fraction of sp³-hybridized carbons (Fsp3) is 0.714. The van der Waals surface area contributed by atoms with E-state index in [2.05, 4.69) is 5.16 Å². The second kappa shape index (κ2) is 4.96. The molecular weight excluding hydrogens is 244 g/mol. The number of ether oxygens (including phenoxy) is 1. The number of piperidine rings is 1. The Bertz CT molecular complexity index is 463. The molecule has 2 fully saturated rings. The minimum Gasteiger partial charge on any atom is -0.381 e. The summed E-state index contributed by atoms with van der Waals surface area (Å²) in [7, 11) is 0. The van der Waals surface area contributed by atoms with Gasteiger partial charge in [0.15, 0.2) is 0 Å². The molecule has 1 aromatic rings. The summed E-state index contributed by atoms with van der Waals surface area (Å²) in [6.45, 7) is 5.19. The molecule has 5 heteroatoms. The third-order valence-electron chi connectivity index (χ3n) is 4.20. The number of hydrogen-bond acceptors (Lipinski definition) is 4. The van der Waals surface area contributed by atoms with Gasteiger partial charge in [-0.1, -0.05) is 5.16 Å². The van der Waals surface area contributed by atoms with Gasteiger partial charge in [0.05, 0.1) is 18.7 Å². The van der Waals surface area contributed by atoms with E-state index in [1.807, 2.05) is 17.9 Å². The van der Waals surface area contributed by atoms with E-state index in [9.17, 15) is 4.79 Å². The van der Waals surface area contributed by atoms with E-state index in [1.165, 1.54) is 6.42 Å². The highest BCUT2D eigenvalue weighted by atomic mass is 16.5. The lowest BCUT2D eigenvalue weighted by Gasteiger charge is -2.39. The van der Waals surface area contributed by atoms with Crippen LogP contribution in [0.4, 0.5) is 0 Å². The maximum atomic E-state index is 12.3. The average Bonchev–Trinajstić information content (AvgIpc) is 3.00. The number of aromatic nitrogens is 1. The van der Waals surface area contributed by atoms with Crippen molar-refractivity contribution in [2.24, 2.45) is 5.41 Å². The first-order valence-corrected chi connectivity index (χ1v) is 6.95. The Kier molecular flexibility index (Phi) is 3.31. The first kappa shape index (κ1) is 12.7. The summed E-state index contributed by atoms with van der Waals surface area (Å²) in [5.41, 5.74) is 1.03. The summed E-state index contributed by atoms with van der Waals surface area (Å²) >= 11 is 0. The van der Waals surface area contributed by atoms with Gasteiger partial charge >= 0.3 is 0 Å². The Hall–Kier alpha value is -1.36. The molecule has 3 rings (SSSR count). The van der Waals surface area contributed by atoms with Crippen molar-refractivity contribution in [3.8, 4) is 0 Å². The van der Waals surface area contributed by atoms with E-state index < -0.39 is 0 Å². The predicted octanol–water partition coefficient (Wildman–Crippen LogP) is 1.55. The van der Waals surface area contributed by atoms with Gasteiger partial charge in [0.2, 0.25) is 5.91 Å². The molecule has 0 aromatic carbocycles. The molecule has 19 heavy (non-hydrogen) atoms. The van der Waals surface area contributed by atoms with E-state index in [1.54, 1.807) is 0 Å². The molecule has 1 amide bonds. The van der Waals surface area contributed by atoms with Crippen LogP contribution < -0.4 is 0 Å². The molecule has 5 nitrogen and oxygen atoms in total. The summed E-state index contributed by atoms with van der Waals surface area (Å²) in [5.74, 6) is 0.798. The Labute approximate surface area is 112 Å². The molecule has 1 unspecified atom stereocenters. The summed E-state index contributed by atoms with van der Waals surface area (Å²) in [6.07, 6.45) is 3.65. The molecule has 1 atom stereocenters. The summed E-state index contributed by atoms with van der Waals surface area (Å²) < 4.78 is 10.6. The molecule has 104 valence electrons. The highest BCUT2D eigenvalue weighted by molar-refractivity contribution is 5.78. The highest BCUT2D eigenvalue weighted by Gasteiger charge is 2.40. The lowest BCUT2D eigenvalue weighted by molar-refractivity contribution is -0.134. The molecular formula is C14H20N2O3. The van der Waals surface area contributed by atoms with E-state index in [4.69, 9.17) is 9.26 Å². The molecule has 1 spiro atoms. The van der Waals surface area contributed by atoms with Gasteiger partial charge in [0, 0.05) is 31.2 Å². The van der Waals surface area contributed by atoms with Crippen LogP contribution in [-0.2, 0) is 16.0 Å². The monoisotopic (exact) mass is 264 g/mol. The van der Waals surface area contributed by atoms with Crippen molar-refractivity contribution >= 4 is 5.91 Å². The summed E-state index contributed by atoms with van der Waals surface area (Å²) in [6, 6.07) is 1.83. The van der Waals surface area contributed by atoms with Crippen LogP contribution in [0.1, 0.15) is 30.7 Å². The van der Waals surface area contributed by atoms with Crippen molar-refractivity contribution in [2.75, 3.05) is 26.3 Å². The van der Waals surface area contributed by atoms with E-state index in [0.717, 1.165) is 44.8 Å². The van der Waals surface area contributed by atoms with Crippen LogP contribution in [0.3, 0.4) is 0 Å². The molecule has 3 heterocycles. The van der Waals surface area contributed by atoms with Crippen molar-refractivity contribution < 1.29 is 14.1 Å². The molecule has 0 N–H and O–H groups in total. The Morgan fingerprint density at radius 1 is 1.53 bits per heavy atom. The smallest absolute Gasteiger partial charge is 0.230 e. The van der Waals surface area contributed by atoms with E-state index in [-0.39, 0.29) is 11.3 Å². The van der Waals surface area contributed by atoms with Gasteiger partial charge < -0.3 is 14.2 Å². The zero-order valence-electron chi connectivity index (χ0n) is 11.4. The van der Waals surface area contributed by atoms with Crippen LogP contribution >= 0.6 is 0 Å². The van der Waals surface area contributed by atoms with Crippen LogP contribution in [0.5, 0.6) is 0 Å². The van der Waals surface area contributed by atoms with Crippen molar-refractivity contribution in [1.82, 2.24) is 10.1 Å². The second-order valence-electron chi connectivity index (χ2n) is 5.83. The van der Waals surface area contributed by atoms with Crippen LogP contribution in [0.15, 0.2) is 10.6 Å². The number of likely N-dealkylation sites (tertiary alicyclic amines) is 1. The minimum absolute atomic E-state index is 0.141. The van der Waals surface area contributed by atoms with Crippen LogP contribution in [0, 0.1) is 12.3 Å². The Balaban J connectivity index is 1.63. The van der Waals surface area contributed by atoms with Gasteiger partial charge in [0.1, 0.15) is 5.76 Å². The largest absolute Gasteiger partial charge is 0.381 e. The van der Waals surface area contributed by atoms with Gasteiger partial charge in [-0.05, 0) is 26.2 Å². The quantitative estimate of drug-likeness (QED) is 0.813. The van der Waals surface area contributed by atoms with Crippen molar-refractivity contribution in [1.29, 1.82) is 0 Å². The highest BCUT2D eigenvalue weighted by Crippen LogP contribution is 2.37. The Morgan fingerprint density at radius 2 is 2.42 bits per heavy atom. The fourth-order valence-corrected chi connectivity index (χ4v) is 3.15. The molecule has 0 aliphatic carbocycles. The van der Waals surface area contributed by atoms with Crippen molar-refractivity contribution in [3.63, 3.8) is 0 Å². The molecule has 1 aromatic heterocycles. The summed E-state index contributed by atoms with van der Waals surface area (Å²) in [4.78, 5) is 14.3. The lowest BCUT2D eigenvalue weighted by Crippen LogP contribution is -2.47. The van der Waals surface area contributed by atoms with E-state index >= 15 is 0 Å². The zero-order chi connectivity index (χ0) is 13.3. The zero-order valence-corrected chi connectivity index (χ0v) is 11.4. The molecule has 0 bridgehead atoms. The van der Waals surface area contributed by atoms with E-state index in [0.29, 0.717) is 12.2 Å². The SMILES string of the molecule is Cc1cc(CC(=O)N2CCCC3(CCOC3)C2)on1. The molecule has 2 aliphatic rings. The number of nitrogens with zero attached hydrogens (tertiary/aromatic N) is 2. The number of rotatable bonds is 2.